The second kappa shape index (κ2) is 9.96. The Kier molecular flexibility index (Phi) is 7.34. The number of nitrogens with one attached hydrogen (secondary N) is 2. The molecule has 158 valence electrons. The van der Waals surface area contributed by atoms with Gasteiger partial charge in [0.25, 0.3) is 11.8 Å². The summed E-state index contributed by atoms with van der Waals surface area (Å²) in [6.07, 6.45) is 2.07. The molecule has 0 aromatic heterocycles. The second-order valence-corrected chi connectivity index (χ2v) is 8.00. The van der Waals surface area contributed by atoms with E-state index in [0.717, 1.165) is 31.5 Å². The van der Waals surface area contributed by atoms with Crippen LogP contribution < -0.4 is 10.6 Å². The summed E-state index contributed by atoms with van der Waals surface area (Å²) < 4.78 is 0. The van der Waals surface area contributed by atoms with Crippen molar-refractivity contribution in [3.05, 3.63) is 69.2 Å². The zero-order valence-corrected chi connectivity index (χ0v) is 18.1. The third-order valence-electron chi connectivity index (χ3n) is 4.97. The Balaban J connectivity index is 1.56. The highest BCUT2D eigenvalue weighted by molar-refractivity contribution is 6.43. The Morgan fingerprint density at radius 3 is 2.50 bits per heavy atom. The van der Waals surface area contributed by atoms with Gasteiger partial charge in [-0.05, 0) is 49.6 Å². The second-order valence-electron chi connectivity index (χ2n) is 7.21. The van der Waals surface area contributed by atoms with E-state index in [9.17, 15) is 14.4 Å². The van der Waals surface area contributed by atoms with Crippen molar-refractivity contribution < 1.29 is 14.4 Å². The molecule has 0 bridgehead atoms. The van der Waals surface area contributed by atoms with Crippen molar-refractivity contribution in [3.63, 3.8) is 0 Å². The lowest BCUT2D eigenvalue weighted by Gasteiger charge is -2.17. The zero-order chi connectivity index (χ0) is 21.7. The Morgan fingerprint density at radius 1 is 1.07 bits per heavy atom. The minimum atomic E-state index is -0.776. The fourth-order valence-corrected chi connectivity index (χ4v) is 3.66. The van der Waals surface area contributed by atoms with Crippen LogP contribution >= 0.6 is 23.2 Å². The van der Waals surface area contributed by atoms with E-state index in [1.165, 1.54) is 6.07 Å². The first kappa shape index (κ1) is 22.1. The van der Waals surface area contributed by atoms with Crippen LogP contribution in [0.3, 0.4) is 0 Å². The predicted molar refractivity (Wildman–Crippen MR) is 117 cm³/mol. The average molecular weight is 448 g/mol. The molecule has 0 spiro atoms. The number of amides is 3. The topological polar surface area (TPSA) is 78.5 Å². The molecule has 2 aromatic carbocycles. The smallest absolute Gasteiger partial charge is 0.253 e. The van der Waals surface area contributed by atoms with Crippen LogP contribution in [0.5, 0.6) is 0 Å². The normalized spacial score (nSPS) is 14.3. The number of benzene rings is 2. The quantitative estimate of drug-likeness (QED) is 0.708. The highest BCUT2D eigenvalue weighted by atomic mass is 35.5. The van der Waals surface area contributed by atoms with Crippen molar-refractivity contribution in [2.45, 2.75) is 32.4 Å². The number of nitrogens with zero attached hydrogens (tertiary/aromatic N) is 1. The van der Waals surface area contributed by atoms with E-state index in [2.05, 4.69) is 10.6 Å². The molecule has 3 rings (SSSR count). The lowest BCUT2D eigenvalue weighted by Crippen LogP contribution is -2.44. The molecule has 1 aliphatic rings. The molecular weight excluding hydrogens is 425 g/mol. The maximum Gasteiger partial charge on any atom is 0.253 e. The van der Waals surface area contributed by atoms with Crippen LogP contribution in [-0.4, -0.2) is 41.8 Å². The van der Waals surface area contributed by atoms with Crippen LogP contribution in [0, 0.1) is 0 Å². The summed E-state index contributed by atoms with van der Waals surface area (Å²) in [5, 5.41) is 5.80. The van der Waals surface area contributed by atoms with Gasteiger partial charge in [0.15, 0.2) is 0 Å². The summed E-state index contributed by atoms with van der Waals surface area (Å²) in [6.45, 7) is 3.40. The summed E-state index contributed by atoms with van der Waals surface area (Å²) in [5.41, 5.74) is 1.63. The van der Waals surface area contributed by atoms with Crippen molar-refractivity contribution in [1.29, 1.82) is 0 Å². The third-order valence-corrected chi connectivity index (χ3v) is 5.79. The standard InChI is InChI=1S/C22H23Cl2N3O3/c1-14(26-21(29)17-8-5-9-18(23)19(17)24)20(28)25-13-15-6-4-7-16(12-15)22(30)27-10-2-3-11-27/h4-9,12,14H,2-3,10-11,13H2,1H3,(H,25,28)(H,26,29). The molecule has 1 unspecified atom stereocenters. The lowest BCUT2D eigenvalue weighted by molar-refractivity contribution is -0.122. The predicted octanol–water partition coefficient (Wildman–Crippen LogP) is 3.66. The largest absolute Gasteiger partial charge is 0.350 e. The van der Waals surface area contributed by atoms with Gasteiger partial charge in [0.05, 0.1) is 15.6 Å². The van der Waals surface area contributed by atoms with Gasteiger partial charge in [-0.3, -0.25) is 14.4 Å². The number of likely N-dealkylation sites (tertiary alicyclic amines) is 1. The molecule has 6 nitrogen and oxygen atoms in total. The molecule has 1 heterocycles. The summed E-state index contributed by atoms with van der Waals surface area (Å²) in [6, 6.07) is 11.2. The molecule has 1 saturated heterocycles. The summed E-state index contributed by atoms with van der Waals surface area (Å²) in [7, 11) is 0. The van der Waals surface area contributed by atoms with Crippen LogP contribution in [0.25, 0.3) is 0 Å². The first-order valence-corrected chi connectivity index (χ1v) is 10.5. The van der Waals surface area contributed by atoms with E-state index in [1.807, 2.05) is 11.0 Å². The Hall–Kier alpha value is -2.57. The third kappa shape index (κ3) is 5.32. The van der Waals surface area contributed by atoms with Crippen molar-refractivity contribution in [3.8, 4) is 0 Å². The number of hydrogen-bond acceptors (Lipinski definition) is 3. The SMILES string of the molecule is CC(NC(=O)c1cccc(Cl)c1Cl)C(=O)NCc1cccc(C(=O)N2CCCC2)c1. The van der Waals surface area contributed by atoms with E-state index in [1.54, 1.807) is 37.3 Å². The maximum absolute atomic E-state index is 12.5. The van der Waals surface area contributed by atoms with Crippen LogP contribution in [0.4, 0.5) is 0 Å². The van der Waals surface area contributed by atoms with Crippen molar-refractivity contribution in [2.24, 2.45) is 0 Å². The zero-order valence-electron chi connectivity index (χ0n) is 16.6. The highest BCUT2D eigenvalue weighted by Crippen LogP contribution is 2.25. The van der Waals surface area contributed by atoms with Crippen molar-refractivity contribution >= 4 is 40.9 Å². The molecule has 2 aromatic rings. The Morgan fingerprint density at radius 2 is 1.77 bits per heavy atom. The minimum Gasteiger partial charge on any atom is -0.350 e. The fourth-order valence-electron chi connectivity index (χ4n) is 3.28. The number of carbonyl (C=O) groups is 3. The van der Waals surface area contributed by atoms with Gasteiger partial charge in [0.1, 0.15) is 6.04 Å². The van der Waals surface area contributed by atoms with Crippen molar-refractivity contribution in [2.75, 3.05) is 13.1 Å². The number of halogens is 2. The monoisotopic (exact) mass is 447 g/mol. The molecule has 0 radical (unpaired) electrons. The highest BCUT2D eigenvalue weighted by Gasteiger charge is 2.21. The number of rotatable bonds is 6. The molecule has 2 N–H and O–H groups in total. The van der Waals surface area contributed by atoms with Gasteiger partial charge in [-0.15, -0.1) is 0 Å². The van der Waals surface area contributed by atoms with Crippen LogP contribution in [-0.2, 0) is 11.3 Å². The molecular formula is C22H23Cl2N3O3. The summed E-state index contributed by atoms with van der Waals surface area (Å²) in [5.74, 6) is -0.819. The average Bonchev–Trinajstić information content (AvgIpc) is 3.28. The van der Waals surface area contributed by atoms with E-state index in [0.29, 0.717) is 5.56 Å². The Bertz CT molecular complexity index is 958. The molecule has 1 atom stereocenters. The molecule has 1 aliphatic heterocycles. The first-order chi connectivity index (χ1) is 14.4. The Labute approximate surface area is 185 Å². The lowest BCUT2D eigenvalue weighted by atomic mass is 10.1. The first-order valence-electron chi connectivity index (χ1n) is 9.77. The van der Waals surface area contributed by atoms with Gasteiger partial charge >= 0.3 is 0 Å². The van der Waals surface area contributed by atoms with Gasteiger partial charge < -0.3 is 15.5 Å². The number of hydrogen-bond donors (Lipinski definition) is 2. The van der Waals surface area contributed by atoms with Gasteiger partial charge in [0.2, 0.25) is 5.91 Å². The molecule has 1 fully saturated rings. The molecule has 3 amide bonds. The van der Waals surface area contributed by atoms with E-state index >= 15 is 0 Å². The molecule has 30 heavy (non-hydrogen) atoms. The maximum atomic E-state index is 12.5. The molecule has 0 aliphatic carbocycles. The summed E-state index contributed by atoms with van der Waals surface area (Å²) in [4.78, 5) is 39.1. The van der Waals surface area contributed by atoms with Gasteiger partial charge in [-0.1, -0.05) is 41.4 Å². The molecule has 8 heteroatoms. The summed E-state index contributed by atoms with van der Waals surface area (Å²) >= 11 is 12.0. The van der Waals surface area contributed by atoms with Crippen LogP contribution in [0.1, 0.15) is 46.0 Å². The van der Waals surface area contributed by atoms with Gasteiger partial charge in [-0.25, -0.2) is 0 Å². The molecule has 0 saturated carbocycles. The van der Waals surface area contributed by atoms with Crippen molar-refractivity contribution in [1.82, 2.24) is 15.5 Å². The van der Waals surface area contributed by atoms with Crippen LogP contribution in [0.2, 0.25) is 10.0 Å². The minimum absolute atomic E-state index is 0.0136. The van der Waals surface area contributed by atoms with Crippen LogP contribution in [0.15, 0.2) is 42.5 Å². The van der Waals surface area contributed by atoms with E-state index in [-0.39, 0.29) is 34.0 Å². The number of carbonyl (C=O) groups excluding carboxylic acids is 3. The fraction of sp³-hybridized carbons (Fsp3) is 0.318. The van der Waals surface area contributed by atoms with E-state index in [4.69, 9.17) is 23.2 Å². The van der Waals surface area contributed by atoms with Gasteiger partial charge in [-0.2, -0.15) is 0 Å². The van der Waals surface area contributed by atoms with Gasteiger partial charge in [0, 0.05) is 25.2 Å². The van der Waals surface area contributed by atoms with E-state index < -0.39 is 11.9 Å².